The van der Waals surface area contributed by atoms with Gasteiger partial charge in [0.1, 0.15) is 5.75 Å². The number of likely N-dealkylation sites (N-methyl/N-ethyl adjacent to an activating group) is 1. The highest BCUT2D eigenvalue weighted by Crippen LogP contribution is 2.56. The van der Waals surface area contributed by atoms with Crippen molar-refractivity contribution < 1.29 is 4.74 Å². The largest absolute Gasteiger partial charge is 0.494 e. The molecule has 1 atom stereocenters. The number of rotatable bonds is 6. The van der Waals surface area contributed by atoms with Crippen LogP contribution in [0.15, 0.2) is 54.6 Å². The van der Waals surface area contributed by atoms with Gasteiger partial charge in [0.05, 0.1) is 6.61 Å². The number of hydrogen-bond acceptors (Lipinski definition) is 2. The molecule has 1 aliphatic carbocycles. The smallest absolute Gasteiger partial charge is 0.119 e. The molecule has 0 heterocycles. The summed E-state index contributed by atoms with van der Waals surface area (Å²) in [4.78, 5) is 0. The van der Waals surface area contributed by atoms with Gasteiger partial charge in [0.2, 0.25) is 0 Å². The lowest BCUT2D eigenvalue weighted by Gasteiger charge is -2.28. The van der Waals surface area contributed by atoms with Crippen molar-refractivity contribution in [2.45, 2.75) is 31.2 Å². The second-order valence-corrected chi connectivity index (χ2v) is 5.75. The predicted molar refractivity (Wildman–Crippen MR) is 86.8 cm³/mol. The van der Waals surface area contributed by atoms with Gasteiger partial charge in [-0.1, -0.05) is 42.5 Å². The molecule has 0 bridgehead atoms. The molecule has 0 aromatic heterocycles. The standard InChI is InChI=1S/C19H23NO/c1-3-21-17-11-7-8-15(14-17)18(20-2)19(12-13-19)16-9-5-4-6-10-16/h4-11,14,18,20H,3,12-13H2,1-2H3. The van der Waals surface area contributed by atoms with Crippen LogP contribution in [0.25, 0.3) is 0 Å². The Hall–Kier alpha value is -1.80. The summed E-state index contributed by atoms with van der Waals surface area (Å²) >= 11 is 0. The second kappa shape index (κ2) is 5.90. The molecule has 1 fully saturated rings. The summed E-state index contributed by atoms with van der Waals surface area (Å²) in [5, 5.41) is 3.53. The van der Waals surface area contributed by atoms with E-state index in [9.17, 15) is 0 Å². The van der Waals surface area contributed by atoms with Gasteiger partial charge in [-0.15, -0.1) is 0 Å². The van der Waals surface area contributed by atoms with Crippen molar-refractivity contribution in [3.8, 4) is 5.75 Å². The topological polar surface area (TPSA) is 21.3 Å². The first-order valence-corrected chi connectivity index (χ1v) is 7.76. The number of ether oxygens (including phenoxy) is 1. The van der Waals surface area contributed by atoms with E-state index in [2.05, 4.69) is 60.9 Å². The highest BCUT2D eigenvalue weighted by Gasteiger charge is 2.50. The van der Waals surface area contributed by atoms with Crippen LogP contribution >= 0.6 is 0 Å². The Kier molecular flexibility index (Phi) is 3.98. The first-order valence-electron chi connectivity index (χ1n) is 7.76. The Balaban J connectivity index is 1.94. The molecule has 0 radical (unpaired) electrons. The predicted octanol–water partition coefficient (Wildman–Crippen LogP) is 4.08. The van der Waals surface area contributed by atoms with Crippen molar-refractivity contribution in [1.29, 1.82) is 0 Å². The van der Waals surface area contributed by atoms with Crippen LogP contribution in [0.3, 0.4) is 0 Å². The maximum absolute atomic E-state index is 5.65. The van der Waals surface area contributed by atoms with Gasteiger partial charge < -0.3 is 10.1 Å². The molecule has 2 aromatic rings. The number of hydrogen-bond donors (Lipinski definition) is 1. The minimum absolute atomic E-state index is 0.237. The molecule has 2 nitrogen and oxygen atoms in total. The Morgan fingerprint density at radius 2 is 1.86 bits per heavy atom. The molecule has 1 N–H and O–H groups in total. The van der Waals surface area contributed by atoms with Crippen molar-refractivity contribution >= 4 is 0 Å². The maximum atomic E-state index is 5.65. The SMILES string of the molecule is CCOc1cccc(C(NC)C2(c3ccccc3)CC2)c1. The van der Waals surface area contributed by atoms with Crippen molar-refractivity contribution in [3.05, 3.63) is 65.7 Å². The van der Waals surface area contributed by atoms with Gasteiger partial charge in [0.25, 0.3) is 0 Å². The molecule has 21 heavy (non-hydrogen) atoms. The minimum atomic E-state index is 0.237. The monoisotopic (exact) mass is 281 g/mol. The van der Waals surface area contributed by atoms with Gasteiger partial charge >= 0.3 is 0 Å². The minimum Gasteiger partial charge on any atom is -0.494 e. The number of benzene rings is 2. The molecular weight excluding hydrogens is 258 g/mol. The summed E-state index contributed by atoms with van der Waals surface area (Å²) in [6, 6.07) is 19.7. The molecule has 3 rings (SSSR count). The fraction of sp³-hybridized carbons (Fsp3) is 0.368. The average molecular weight is 281 g/mol. The lowest BCUT2D eigenvalue weighted by atomic mass is 9.84. The normalized spacial score (nSPS) is 17.2. The van der Waals surface area contributed by atoms with Crippen molar-refractivity contribution in [3.63, 3.8) is 0 Å². The summed E-state index contributed by atoms with van der Waals surface area (Å²) in [6.45, 7) is 2.73. The average Bonchev–Trinajstić information content (AvgIpc) is 3.31. The first-order chi connectivity index (χ1) is 10.3. The van der Waals surface area contributed by atoms with E-state index in [1.54, 1.807) is 0 Å². The van der Waals surface area contributed by atoms with Crippen LogP contribution in [0.5, 0.6) is 5.75 Å². The molecular formula is C19H23NO. The zero-order chi connectivity index (χ0) is 14.7. The second-order valence-electron chi connectivity index (χ2n) is 5.75. The fourth-order valence-corrected chi connectivity index (χ4v) is 3.36. The van der Waals surface area contributed by atoms with E-state index < -0.39 is 0 Å². The lowest BCUT2D eigenvalue weighted by molar-refractivity contribution is 0.339. The van der Waals surface area contributed by atoms with Crippen LogP contribution in [-0.4, -0.2) is 13.7 Å². The highest BCUT2D eigenvalue weighted by atomic mass is 16.5. The van der Waals surface area contributed by atoms with E-state index in [0.717, 1.165) is 5.75 Å². The molecule has 2 aromatic carbocycles. The Morgan fingerprint density at radius 1 is 1.10 bits per heavy atom. The number of nitrogens with one attached hydrogen (secondary N) is 1. The van der Waals surface area contributed by atoms with Crippen molar-refractivity contribution in [2.24, 2.45) is 0 Å². The van der Waals surface area contributed by atoms with Gasteiger partial charge in [-0.3, -0.25) is 0 Å². The van der Waals surface area contributed by atoms with Crippen LogP contribution < -0.4 is 10.1 Å². The molecule has 0 spiro atoms. The van der Waals surface area contributed by atoms with Crippen molar-refractivity contribution in [1.82, 2.24) is 5.32 Å². The van der Waals surface area contributed by atoms with E-state index in [-0.39, 0.29) is 5.41 Å². The molecule has 1 saturated carbocycles. The van der Waals surface area contributed by atoms with E-state index in [1.807, 2.05) is 13.0 Å². The molecule has 2 heteroatoms. The van der Waals surface area contributed by atoms with Gasteiger partial charge in [-0.05, 0) is 50.1 Å². The van der Waals surface area contributed by atoms with E-state index in [1.165, 1.54) is 24.0 Å². The van der Waals surface area contributed by atoms with E-state index >= 15 is 0 Å². The Morgan fingerprint density at radius 3 is 2.48 bits per heavy atom. The van der Waals surface area contributed by atoms with Crippen LogP contribution in [0.1, 0.15) is 36.9 Å². The summed E-state index contributed by atoms with van der Waals surface area (Å²) in [7, 11) is 2.06. The third-order valence-corrected chi connectivity index (χ3v) is 4.48. The van der Waals surface area contributed by atoms with E-state index in [0.29, 0.717) is 12.6 Å². The summed E-state index contributed by atoms with van der Waals surface area (Å²) in [5.74, 6) is 0.958. The van der Waals surface area contributed by atoms with Crippen LogP contribution in [0.4, 0.5) is 0 Å². The molecule has 0 amide bonds. The highest BCUT2D eigenvalue weighted by molar-refractivity contribution is 5.40. The Bertz CT molecular complexity index is 590. The van der Waals surface area contributed by atoms with Gasteiger partial charge in [0.15, 0.2) is 0 Å². The van der Waals surface area contributed by atoms with Crippen LogP contribution in [0.2, 0.25) is 0 Å². The molecule has 110 valence electrons. The van der Waals surface area contributed by atoms with Crippen LogP contribution in [0, 0.1) is 0 Å². The molecule has 0 aliphatic heterocycles. The fourth-order valence-electron chi connectivity index (χ4n) is 3.36. The lowest BCUT2D eigenvalue weighted by Crippen LogP contribution is -2.29. The van der Waals surface area contributed by atoms with Crippen molar-refractivity contribution in [2.75, 3.05) is 13.7 Å². The maximum Gasteiger partial charge on any atom is 0.119 e. The Labute approximate surface area is 127 Å². The zero-order valence-corrected chi connectivity index (χ0v) is 12.8. The zero-order valence-electron chi connectivity index (χ0n) is 12.8. The summed E-state index contributed by atoms with van der Waals surface area (Å²) < 4.78 is 5.65. The molecule has 0 saturated heterocycles. The third kappa shape index (κ3) is 2.68. The third-order valence-electron chi connectivity index (χ3n) is 4.48. The first kappa shape index (κ1) is 14.2. The van der Waals surface area contributed by atoms with E-state index in [4.69, 9.17) is 4.74 Å². The van der Waals surface area contributed by atoms with Crippen LogP contribution in [-0.2, 0) is 5.41 Å². The molecule has 1 aliphatic rings. The van der Waals surface area contributed by atoms with Gasteiger partial charge in [-0.2, -0.15) is 0 Å². The summed E-state index contributed by atoms with van der Waals surface area (Å²) in [5.41, 5.74) is 2.98. The molecule has 1 unspecified atom stereocenters. The summed E-state index contributed by atoms with van der Waals surface area (Å²) in [6.07, 6.45) is 2.47. The van der Waals surface area contributed by atoms with Gasteiger partial charge in [0, 0.05) is 11.5 Å². The quantitative estimate of drug-likeness (QED) is 0.861. The van der Waals surface area contributed by atoms with Gasteiger partial charge in [-0.25, -0.2) is 0 Å².